The van der Waals surface area contributed by atoms with Crippen LogP contribution >= 0.6 is 0 Å². The Morgan fingerprint density at radius 3 is 2.94 bits per heavy atom. The monoisotopic (exact) mass is 237 g/mol. The third kappa shape index (κ3) is 3.82. The average molecular weight is 237 g/mol. The molecule has 2 heterocycles. The molecule has 0 amide bonds. The Balaban J connectivity index is 1.80. The Morgan fingerprint density at radius 1 is 1.47 bits per heavy atom. The molecule has 1 saturated heterocycles. The van der Waals surface area contributed by atoms with Crippen LogP contribution in [0.15, 0.2) is 10.7 Å². The second-order valence-corrected chi connectivity index (χ2v) is 5.04. The van der Waals surface area contributed by atoms with Crippen LogP contribution in [0.1, 0.15) is 24.4 Å². The third-order valence-electron chi connectivity index (χ3n) is 3.53. The van der Waals surface area contributed by atoms with Gasteiger partial charge in [-0.15, -0.1) is 0 Å². The maximum Gasteiger partial charge on any atom is 0.194 e. The van der Waals surface area contributed by atoms with Crippen LogP contribution < -0.4 is 5.32 Å². The highest BCUT2D eigenvalue weighted by Crippen LogP contribution is 2.20. The topological polar surface area (TPSA) is 41.3 Å². The summed E-state index contributed by atoms with van der Waals surface area (Å²) in [5.74, 6) is 1.67. The molecule has 4 heteroatoms. The number of aromatic nitrogens is 1. The molecule has 1 aliphatic heterocycles. The van der Waals surface area contributed by atoms with Crippen molar-refractivity contribution >= 4 is 0 Å². The van der Waals surface area contributed by atoms with Crippen molar-refractivity contribution in [1.29, 1.82) is 0 Å². The van der Waals surface area contributed by atoms with Crippen molar-refractivity contribution in [3.8, 4) is 0 Å². The van der Waals surface area contributed by atoms with Gasteiger partial charge in [0.2, 0.25) is 0 Å². The quantitative estimate of drug-likeness (QED) is 0.838. The maximum absolute atomic E-state index is 5.54. The molecule has 0 aliphatic carbocycles. The Labute approximate surface area is 103 Å². The smallest absolute Gasteiger partial charge is 0.194 e. The van der Waals surface area contributed by atoms with Crippen molar-refractivity contribution in [2.24, 2.45) is 5.92 Å². The van der Waals surface area contributed by atoms with Crippen LogP contribution in [0, 0.1) is 5.92 Å². The Morgan fingerprint density at radius 2 is 2.24 bits per heavy atom. The Kier molecular flexibility index (Phi) is 4.57. The zero-order valence-electron chi connectivity index (χ0n) is 10.9. The van der Waals surface area contributed by atoms with Gasteiger partial charge >= 0.3 is 0 Å². The van der Waals surface area contributed by atoms with Crippen LogP contribution in [0.5, 0.6) is 0 Å². The van der Waals surface area contributed by atoms with E-state index in [2.05, 4.69) is 22.2 Å². The summed E-state index contributed by atoms with van der Waals surface area (Å²) in [6.45, 7) is 3.37. The lowest BCUT2D eigenvalue weighted by molar-refractivity contribution is 0.212. The molecule has 0 radical (unpaired) electrons. The van der Waals surface area contributed by atoms with E-state index in [-0.39, 0.29) is 0 Å². The van der Waals surface area contributed by atoms with E-state index < -0.39 is 0 Å². The number of nitrogens with zero attached hydrogens (tertiary/aromatic N) is 2. The van der Waals surface area contributed by atoms with E-state index in [1.165, 1.54) is 25.9 Å². The van der Waals surface area contributed by atoms with E-state index in [0.29, 0.717) is 0 Å². The van der Waals surface area contributed by atoms with E-state index in [4.69, 9.17) is 4.42 Å². The number of oxazole rings is 1. The molecule has 0 saturated carbocycles. The normalized spacial score (nSPS) is 18.7. The number of hydrogen-bond acceptors (Lipinski definition) is 4. The molecule has 96 valence electrons. The third-order valence-corrected chi connectivity index (χ3v) is 3.53. The molecule has 0 unspecified atom stereocenters. The standard InChI is InChI=1S/C13H23N3O/c1-14-6-3-12-10-17-13(15-12)9-11-4-7-16(2)8-5-11/h10-11,14H,3-9H2,1-2H3. The fraction of sp³-hybridized carbons (Fsp3) is 0.769. The molecule has 0 bridgehead atoms. The fourth-order valence-corrected chi connectivity index (χ4v) is 2.32. The first-order valence-corrected chi connectivity index (χ1v) is 6.54. The van der Waals surface area contributed by atoms with Gasteiger partial charge < -0.3 is 14.6 Å². The summed E-state index contributed by atoms with van der Waals surface area (Å²) in [6, 6.07) is 0. The van der Waals surface area contributed by atoms with Gasteiger partial charge in [-0.1, -0.05) is 0 Å². The predicted molar refractivity (Wildman–Crippen MR) is 68.1 cm³/mol. The molecule has 1 fully saturated rings. The molecule has 2 rings (SSSR count). The van der Waals surface area contributed by atoms with Gasteiger partial charge in [0.15, 0.2) is 5.89 Å². The number of nitrogens with one attached hydrogen (secondary N) is 1. The first-order valence-electron chi connectivity index (χ1n) is 6.54. The van der Waals surface area contributed by atoms with Gasteiger partial charge in [0.25, 0.3) is 0 Å². The highest BCUT2D eigenvalue weighted by Gasteiger charge is 2.19. The maximum atomic E-state index is 5.54. The summed E-state index contributed by atoms with van der Waals surface area (Å²) >= 11 is 0. The number of likely N-dealkylation sites (N-methyl/N-ethyl adjacent to an activating group) is 1. The van der Waals surface area contributed by atoms with Gasteiger partial charge in [-0.05, 0) is 45.9 Å². The largest absolute Gasteiger partial charge is 0.449 e. The van der Waals surface area contributed by atoms with Gasteiger partial charge in [0.1, 0.15) is 6.26 Å². The average Bonchev–Trinajstić information content (AvgIpc) is 2.77. The van der Waals surface area contributed by atoms with Gasteiger partial charge in [0, 0.05) is 19.4 Å². The minimum Gasteiger partial charge on any atom is -0.449 e. The molecule has 1 aromatic heterocycles. The lowest BCUT2D eigenvalue weighted by Crippen LogP contribution is -2.31. The molecule has 0 atom stereocenters. The molecular weight excluding hydrogens is 214 g/mol. The van der Waals surface area contributed by atoms with Crippen LogP contribution in [0.3, 0.4) is 0 Å². The Hall–Kier alpha value is -0.870. The summed E-state index contributed by atoms with van der Waals surface area (Å²) in [5.41, 5.74) is 1.07. The first kappa shape index (κ1) is 12.6. The summed E-state index contributed by atoms with van der Waals surface area (Å²) in [6.07, 6.45) is 6.30. The van der Waals surface area contributed by atoms with E-state index in [1.54, 1.807) is 0 Å². The lowest BCUT2D eigenvalue weighted by atomic mass is 9.94. The van der Waals surface area contributed by atoms with Crippen molar-refractivity contribution in [2.75, 3.05) is 33.7 Å². The molecular formula is C13H23N3O. The van der Waals surface area contributed by atoms with Crippen molar-refractivity contribution in [2.45, 2.75) is 25.7 Å². The Bertz CT molecular complexity index is 329. The zero-order chi connectivity index (χ0) is 12.1. The van der Waals surface area contributed by atoms with Gasteiger partial charge in [-0.3, -0.25) is 0 Å². The SMILES string of the molecule is CNCCc1coc(CC2CCN(C)CC2)n1. The molecule has 1 aromatic rings. The minimum absolute atomic E-state index is 0.752. The van der Waals surface area contributed by atoms with Gasteiger partial charge in [0.05, 0.1) is 5.69 Å². The second-order valence-electron chi connectivity index (χ2n) is 5.04. The van der Waals surface area contributed by atoms with Crippen molar-refractivity contribution in [3.05, 3.63) is 17.8 Å². The highest BCUT2D eigenvalue weighted by atomic mass is 16.3. The molecule has 0 spiro atoms. The number of rotatable bonds is 5. The first-order chi connectivity index (χ1) is 8.28. The summed E-state index contributed by atoms with van der Waals surface area (Å²) in [5, 5.41) is 3.12. The summed E-state index contributed by atoms with van der Waals surface area (Å²) in [7, 11) is 4.15. The molecule has 1 aliphatic rings. The van der Waals surface area contributed by atoms with Crippen LogP contribution in [0.4, 0.5) is 0 Å². The van der Waals surface area contributed by atoms with Crippen molar-refractivity contribution in [3.63, 3.8) is 0 Å². The van der Waals surface area contributed by atoms with E-state index >= 15 is 0 Å². The van der Waals surface area contributed by atoms with Crippen molar-refractivity contribution < 1.29 is 4.42 Å². The highest BCUT2D eigenvalue weighted by molar-refractivity contribution is 4.98. The van der Waals surface area contributed by atoms with Crippen LogP contribution in [-0.2, 0) is 12.8 Å². The lowest BCUT2D eigenvalue weighted by Gasteiger charge is -2.28. The number of likely N-dealkylation sites (tertiary alicyclic amines) is 1. The zero-order valence-corrected chi connectivity index (χ0v) is 10.9. The molecule has 4 nitrogen and oxygen atoms in total. The summed E-state index contributed by atoms with van der Waals surface area (Å²) in [4.78, 5) is 6.93. The summed E-state index contributed by atoms with van der Waals surface area (Å²) < 4.78 is 5.54. The van der Waals surface area contributed by atoms with E-state index in [9.17, 15) is 0 Å². The fourth-order valence-electron chi connectivity index (χ4n) is 2.32. The van der Waals surface area contributed by atoms with Gasteiger partial charge in [-0.25, -0.2) is 4.98 Å². The van der Waals surface area contributed by atoms with Crippen molar-refractivity contribution in [1.82, 2.24) is 15.2 Å². The minimum atomic E-state index is 0.752. The predicted octanol–water partition coefficient (Wildman–Crippen LogP) is 1.32. The number of piperidine rings is 1. The van der Waals surface area contributed by atoms with E-state index in [1.807, 2.05) is 13.3 Å². The van der Waals surface area contributed by atoms with Crippen LogP contribution in [-0.4, -0.2) is 43.6 Å². The number of hydrogen-bond donors (Lipinski definition) is 1. The second kappa shape index (κ2) is 6.17. The molecule has 17 heavy (non-hydrogen) atoms. The van der Waals surface area contributed by atoms with E-state index in [0.717, 1.165) is 36.9 Å². The molecule has 0 aromatic carbocycles. The van der Waals surface area contributed by atoms with Crippen LogP contribution in [0.2, 0.25) is 0 Å². The van der Waals surface area contributed by atoms with Crippen LogP contribution in [0.25, 0.3) is 0 Å². The van der Waals surface area contributed by atoms with Gasteiger partial charge in [-0.2, -0.15) is 0 Å². The molecule has 1 N–H and O–H groups in total.